The van der Waals surface area contributed by atoms with Crippen LogP contribution < -0.4 is 0 Å². The summed E-state index contributed by atoms with van der Waals surface area (Å²) in [5, 5.41) is 18.3. The summed E-state index contributed by atoms with van der Waals surface area (Å²) in [6.07, 6.45) is 4.86. The van der Waals surface area contributed by atoms with Gasteiger partial charge in [-0.25, -0.2) is 4.79 Å². The third-order valence-corrected chi connectivity index (χ3v) is 5.06. The van der Waals surface area contributed by atoms with Crippen molar-refractivity contribution in [3.63, 3.8) is 0 Å². The molecule has 1 aromatic carbocycles. The van der Waals surface area contributed by atoms with E-state index in [1.54, 1.807) is 23.1 Å². The number of benzene rings is 1. The second kappa shape index (κ2) is 6.41. The number of hydrogen-bond donors (Lipinski definition) is 1. The number of fused-ring (bicyclic) bond motifs is 1. The molecule has 0 bridgehead atoms. The van der Waals surface area contributed by atoms with E-state index < -0.39 is 12.0 Å². The fraction of sp³-hybridized carbons (Fsp3) is 0.500. The highest BCUT2D eigenvalue weighted by Crippen LogP contribution is 2.40. The first kappa shape index (κ1) is 15.5. The standard InChI is InChI=1S/C18H20N2O3/c19-9-8-12-4-3-6-14(10-12)17(21)20-15-7-2-1-5-13(15)11-16(20)18(22)23/h3-4,6,10,13,15-16H,1-2,5,7-8,11H2,(H,22,23)/t13-,15-,16+/m1/s1. The summed E-state index contributed by atoms with van der Waals surface area (Å²) < 4.78 is 0. The summed E-state index contributed by atoms with van der Waals surface area (Å²) in [6.45, 7) is 0. The minimum Gasteiger partial charge on any atom is -0.480 e. The zero-order chi connectivity index (χ0) is 16.4. The number of carboxylic acids is 1. The quantitative estimate of drug-likeness (QED) is 0.930. The third-order valence-electron chi connectivity index (χ3n) is 5.06. The molecule has 1 aliphatic carbocycles. The molecular formula is C18H20N2O3. The smallest absolute Gasteiger partial charge is 0.326 e. The first-order valence-electron chi connectivity index (χ1n) is 8.13. The van der Waals surface area contributed by atoms with Crippen molar-refractivity contribution in [1.82, 2.24) is 4.90 Å². The van der Waals surface area contributed by atoms with Crippen molar-refractivity contribution < 1.29 is 14.7 Å². The maximum atomic E-state index is 13.0. The van der Waals surface area contributed by atoms with Crippen molar-refractivity contribution in [3.05, 3.63) is 35.4 Å². The molecule has 1 N–H and O–H groups in total. The highest BCUT2D eigenvalue weighted by molar-refractivity contribution is 5.97. The van der Waals surface area contributed by atoms with Crippen LogP contribution in [0.4, 0.5) is 0 Å². The van der Waals surface area contributed by atoms with Gasteiger partial charge in [-0.15, -0.1) is 0 Å². The van der Waals surface area contributed by atoms with Gasteiger partial charge < -0.3 is 10.0 Å². The van der Waals surface area contributed by atoms with Gasteiger partial charge in [0.05, 0.1) is 12.5 Å². The number of nitrogens with zero attached hydrogens (tertiary/aromatic N) is 2. The molecule has 1 heterocycles. The van der Waals surface area contributed by atoms with Gasteiger partial charge in [0.15, 0.2) is 0 Å². The fourth-order valence-electron chi connectivity index (χ4n) is 4.03. The van der Waals surface area contributed by atoms with Crippen LogP contribution in [-0.2, 0) is 11.2 Å². The highest BCUT2D eigenvalue weighted by Gasteiger charge is 2.47. The first-order chi connectivity index (χ1) is 11.1. The van der Waals surface area contributed by atoms with Crippen molar-refractivity contribution >= 4 is 11.9 Å². The van der Waals surface area contributed by atoms with Crippen LogP contribution in [0.2, 0.25) is 0 Å². The summed E-state index contributed by atoms with van der Waals surface area (Å²) >= 11 is 0. The van der Waals surface area contributed by atoms with E-state index in [4.69, 9.17) is 5.26 Å². The molecule has 1 saturated heterocycles. The van der Waals surface area contributed by atoms with Crippen LogP contribution in [-0.4, -0.2) is 34.0 Å². The zero-order valence-electron chi connectivity index (χ0n) is 12.9. The Hall–Kier alpha value is -2.35. The highest BCUT2D eigenvalue weighted by atomic mass is 16.4. The molecule has 1 saturated carbocycles. The lowest BCUT2D eigenvalue weighted by Gasteiger charge is -2.33. The lowest BCUT2D eigenvalue weighted by Crippen LogP contribution is -2.46. The van der Waals surface area contributed by atoms with Crippen LogP contribution in [0.25, 0.3) is 0 Å². The Labute approximate surface area is 135 Å². The van der Waals surface area contributed by atoms with E-state index in [0.717, 1.165) is 31.2 Å². The number of likely N-dealkylation sites (tertiary alicyclic amines) is 1. The van der Waals surface area contributed by atoms with Crippen LogP contribution in [0, 0.1) is 17.2 Å². The molecule has 2 fully saturated rings. The van der Waals surface area contributed by atoms with Crippen LogP contribution in [0.3, 0.4) is 0 Å². The van der Waals surface area contributed by atoms with Crippen molar-refractivity contribution in [2.24, 2.45) is 5.92 Å². The van der Waals surface area contributed by atoms with Gasteiger partial charge in [-0.1, -0.05) is 25.0 Å². The number of nitriles is 1. The van der Waals surface area contributed by atoms with Crippen LogP contribution in [0.1, 0.15) is 48.0 Å². The van der Waals surface area contributed by atoms with E-state index >= 15 is 0 Å². The molecule has 0 radical (unpaired) electrons. The number of hydrogen-bond acceptors (Lipinski definition) is 3. The summed E-state index contributed by atoms with van der Waals surface area (Å²) in [5.41, 5.74) is 1.26. The van der Waals surface area contributed by atoms with E-state index in [-0.39, 0.29) is 18.4 Å². The van der Waals surface area contributed by atoms with Gasteiger partial charge in [0.1, 0.15) is 6.04 Å². The molecule has 1 amide bonds. The van der Waals surface area contributed by atoms with Gasteiger partial charge in [0.2, 0.25) is 0 Å². The van der Waals surface area contributed by atoms with Gasteiger partial charge in [0.25, 0.3) is 5.91 Å². The topological polar surface area (TPSA) is 81.4 Å². The number of carbonyl (C=O) groups excluding carboxylic acids is 1. The average Bonchev–Trinajstić information content (AvgIpc) is 2.94. The van der Waals surface area contributed by atoms with Crippen LogP contribution in [0.15, 0.2) is 24.3 Å². The summed E-state index contributed by atoms with van der Waals surface area (Å²) in [5.74, 6) is -0.830. The first-order valence-corrected chi connectivity index (χ1v) is 8.13. The van der Waals surface area contributed by atoms with Crippen molar-refractivity contribution in [2.75, 3.05) is 0 Å². The number of carbonyl (C=O) groups is 2. The molecule has 0 spiro atoms. The Morgan fingerprint density at radius 3 is 2.83 bits per heavy atom. The Bertz CT molecular complexity index is 664. The Morgan fingerprint density at radius 1 is 1.30 bits per heavy atom. The maximum Gasteiger partial charge on any atom is 0.326 e. The van der Waals surface area contributed by atoms with Gasteiger partial charge >= 0.3 is 5.97 Å². The summed E-state index contributed by atoms with van der Waals surface area (Å²) in [7, 11) is 0. The van der Waals surface area contributed by atoms with Gasteiger partial charge in [-0.3, -0.25) is 4.79 Å². The summed E-state index contributed by atoms with van der Waals surface area (Å²) in [4.78, 5) is 26.2. The average molecular weight is 312 g/mol. The molecule has 23 heavy (non-hydrogen) atoms. The molecule has 120 valence electrons. The lowest BCUT2D eigenvalue weighted by molar-refractivity contribution is -0.141. The molecule has 5 heteroatoms. The second-order valence-corrected chi connectivity index (χ2v) is 6.45. The normalized spacial score (nSPS) is 26.4. The molecule has 0 aromatic heterocycles. The molecule has 2 aliphatic rings. The molecule has 1 aliphatic heterocycles. The zero-order valence-corrected chi connectivity index (χ0v) is 12.9. The minimum atomic E-state index is -0.916. The lowest BCUT2D eigenvalue weighted by atomic mass is 9.84. The monoisotopic (exact) mass is 312 g/mol. The van der Waals surface area contributed by atoms with E-state index in [1.165, 1.54) is 0 Å². The SMILES string of the molecule is N#CCc1cccc(C(=O)N2[C@@H]3CCCC[C@@H]3C[C@H]2C(=O)O)c1. The number of carboxylic acid groups (broad SMARTS) is 1. The Morgan fingerprint density at radius 2 is 2.09 bits per heavy atom. The molecule has 3 atom stereocenters. The molecule has 3 rings (SSSR count). The van der Waals surface area contributed by atoms with Crippen molar-refractivity contribution in [2.45, 2.75) is 50.6 Å². The fourth-order valence-corrected chi connectivity index (χ4v) is 4.03. The third kappa shape index (κ3) is 2.94. The Kier molecular flexibility index (Phi) is 4.33. The largest absolute Gasteiger partial charge is 0.480 e. The maximum absolute atomic E-state index is 13.0. The predicted molar refractivity (Wildman–Crippen MR) is 83.7 cm³/mol. The van der Waals surface area contributed by atoms with Crippen molar-refractivity contribution in [3.8, 4) is 6.07 Å². The molecule has 5 nitrogen and oxygen atoms in total. The van der Waals surface area contributed by atoms with E-state index in [0.29, 0.717) is 17.9 Å². The van der Waals surface area contributed by atoms with Gasteiger partial charge in [-0.2, -0.15) is 5.26 Å². The summed E-state index contributed by atoms with van der Waals surface area (Å²) in [6, 6.07) is 8.36. The van der Waals surface area contributed by atoms with E-state index in [2.05, 4.69) is 6.07 Å². The Balaban J connectivity index is 1.90. The number of aliphatic carboxylic acids is 1. The van der Waals surface area contributed by atoms with Gasteiger partial charge in [-0.05, 0) is 42.9 Å². The number of amides is 1. The molecular weight excluding hydrogens is 292 g/mol. The van der Waals surface area contributed by atoms with Gasteiger partial charge in [0, 0.05) is 11.6 Å². The molecule has 1 aromatic rings. The van der Waals surface area contributed by atoms with E-state index in [9.17, 15) is 14.7 Å². The van der Waals surface area contributed by atoms with Crippen LogP contribution in [0.5, 0.6) is 0 Å². The predicted octanol–water partition coefficient (Wildman–Crippen LogP) is 2.61. The second-order valence-electron chi connectivity index (χ2n) is 6.45. The number of rotatable bonds is 3. The van der Waals surface area contributed by atoms with E-state index in [1.807, 2.05) is 6.07 Å². The molecule has 0 unspecified atom stereocenters. The van der Waals surface area contributed by atoms with Crippen molar-refractivity contribution in [1.29, 1.82) is 5.26 Å². The minimum absolute atomic E-state index is 0.0389. The van der Waals surface area contributed by atoms with Crippen LogP contribution >= 0.6 is 0 Å².